The van der Waals surface area contributed by atoms with E-state index < -0.39 is 0 Å². The van der Waals surface area contributed by atoms with Gasteiger partial charge in [-0.1, -0.05) is 45.2 Å². The average molecular weight is 348 g/mol. The van der Waals surface area contributed by atoms with E-state index in [4.69, 9.17) is 0 Å². The smallest absolute Gasteiger partial charge is 0.317 e. The van der Waals surface area contributed by atoms with E-state index >= 15 is 0 Å². The Hall–Kier alpha value is -1.59. The van der Waals surface area contributed by atoms with Crippen molar-refractivity contribution in [2.45, 2.75) is 83.7 Å². The molecule has 6 heteroatoms. The Bertz CT molecular complexity index is 563. The van der Waals surface area contributed by atoms with Crippen molar-refractivity contribution in [3.63, 3.8) is 0 Å². The molecule has 2 heterocycles. The number of likely N-dealkylation sites (tertiary alicyclic amines) is 1. The molecular weight excluding hydrogens is 314 g/mol. The second kappa shape index (κ2) is 7.75. The first kappa shape index (κ1) is 18.2. The molecule has 0 radical (unpaired) electrons. The van der Waals surface area contributed by atoms with Gasteiger partial charge in [-0.3, -0.25) is 4.68 Å². The Morgan fingerprint density at radius 2 is 1.84 bits per heavy atom. The van der Waals surface area contributed by atoms with Crippen molar-refractivity contribution in [1.82, 2.24) is 25.2 Å². The van der Waals surface area contributed by atoms with Gasteiger partial charge in [0.15, 0.2) is 0 Å². The topological polar surface area (TPSA) is 63.1 Å². The van der Waals surface area contributed by atoms with Crippen molar-refractivity contribution < 1.29 is 4.79 Å². The van der Waals surface area contributed by atoms with Crippen molar-refractivity contribution in [2.24, 2.45) is 5.92 Å². The predicted molar refractivity (Wildman–Crippen MR) is 98.4 cm³/mol. The number of rotatable bonds is 3. The number of aromatic nitrogens is 3. The molecular formula is C19H33N5O. The molecule has 1 saturated carbocycles. The SMILES string of the molecule is CC(C)(C)c1cn(CC2CCN(C(=O)NC3CCCCC3)CC2)nn1. The van der Waals surface area contributed by atoms with Gasteiger partial charge in [0.05, 0.1) is 5.69 Å². The average Bonchev–Trinajstić information content (AvgIpc) is 3.05. The van der Waals surface area contributed by atoms with Gasteiger partial charge in [-0.05, 0) is 31.6 Å². The van der Waals surface area contributed by atoms with E-state index in [0.29, 0.717) is 12.0 Å². The lowest BCUT2D eigenvalue weighted by Gasteiger charge is -2.33. The van der Waals surface area contributed by atoms with Crippen LogP contribution in [0.2, 0.25) is 0 Å². The van der Waals surface area contributed by atoms with Gasteiger partial charge in [0.2, 0.25) is 0 Å². The van der Waals surface area contributed by atoms with Gasteiger partial charge >= 0.3 is 6.03 Å². The molecule has 3 rings (SSSR count). The highest BCUT2D eigenvalue weighted by Crippen LogP contribution is 2.23. The molecule has 25 heavy (non-hydrogen) atoms. The molecule has 1 aromatic heterocycles. The zero-order chi connectivity index (χ0) is 17.9. The fourth-order valence-electron chi connectivity index (χ4n) is 3.83. The van der Waals surface area contributed by atoms with Crippen LogP contribution in [0.25, 0.3) is 0 Å². The van der Waals surface area contributed by atoms with Crippen molar-refractivity contribution >= 4 is 6.03 Å². The quantitative estimate of drug-likeness (QED) is 0.912. The highest BCUT2D eigenvalue weighted by Gasteiger charge is 2.26. The largest absolute Gasteiger partial charge is 0.335 e. The fourth-order valence-corrected chi connectivity index (χ4v) is 3.83. The number of piperidine rings is 1. The van der Waals surface area contributed by atoms with Gasteiger partial charge in [0.25, 0.3) is 0 Å². The maximum Gasteiger partial charge on any atom is 0.317 e. The van der Waals surface area contributed by atoms with Crippen LogP contribution in [0.4, 0.5) is 4.79 Å². The summed E-state index contributed by atoms with van der Waals surface area (Å²) in [7, 11) is 0. The molecule has 1 saturated heterocycles. The Kier molecular flexibility index (Phi) is 5.64. The number of hydrogen-bond donors (Lipinski definition) is 1. The van der Waals surface area contributed by atoms with E-state index in [1.165, 1.54) is 19.3 Å². The summed E-state index contributed by atoms with van der Waals surface area (Å²) in [6, 6.07) is 0.533. The molecule has 1 aliphatic heterocycles. The highest BCUT2D eigenvalue weighted by molar-refractivity contribution is 5.74. The van der Waals surface area contributed by atoms with Gasteiger partial charge in [-0.2, -0.15) is 0 Å². The highest BCUT2D eigenvalue weighted by atomic mass is 16.2. The van der Waals surface area contributed by atoms with Crippen LogP contribution >= 0.6 is 0 Å². The lowest BCUT2D eigenvalue weighted by Crippen LogP contribution is -2.48. The third-order valence-electron chi connectivity index (χ3n) is 5.59. The Labute approximate surface area is 151 Å². The van der Waals surface area contributed by atoms with Gasteiger partial charge in [-0.25, -0.2) is 4.79 Å². The summed E-state index contributed by atoms with van der Waals surface area (Å²) in [5.74, 6) is 0.577. The third kappa shape index (κ3) is 4.95. The fraction of sp³-hybridized carbons (Fsp3) is 0.842. The first-order chi connectivity index (χ1) is 11.9. The van der Waals surface area contributed by atoms with Crippen molar-refractivity contribution in [3.05, 3.63) is 11.9 Å². The minimum atomic E-state index is 0.0405. The maximum absolute atomic E-state index is 12.4. The summed E-state index contributed by atoms with van der Waals surface area (Å²) < 4.78 is 1.98. The molecule has 6 nitrogen and oxygen atoms in total. The van der Waals surface area contributed by atoms with E-state index in [0.717, 1.165) is 51.0 Å². The zero-order valence-electron chi connectivity index (χ0n) is 16.0. The van der Waals surface area contributed by atoms with Gasteiger partial charge in [-0.15, -0.1) is 5.10 Å². The molecule has 1 N–H and O–H groups in total. The predicted octanol–water partition coefficient (Wildman–Crippen LogP) is 3.33. The number of amides is 2. The standard InChI is InChI=1S/C19H33N5O/c1-19(2,3)17-14-24(22-21-17)13-15-9-11-23(12-10-15)18(25)20-16-7-5-4-6-8-16/h14-16H,4-13H2,1-3H3,(H,20,25). The van der Waals surface area contributed by atoms with E-state index in [-0.39, 0.29) is 11.4 Å². The van der Waals surface area contributed by atoms with Gasteiger partial charge in [0, 0.05) is 37.3 Å². The summed E-state index contributed by atoms with van der Waals surface area (Å²) in [5, 5.41) is 11.8. The number of urea groups is 1. The molecule has 0 atom stereocenters. The van der Waals surface area contributed by atoms with Crippen molar-refractivity contribution in [3.8, 4) is 0 Å². The van der Waals surface area contributed by atoms with Gasteiger partial charge in [0.1, 0.15) is 0 Å². The Morgan fingerprint density at radius 1 is 1.16 bits per heavy atom. The summed E-state index contributed by atoms with van der Waals surface area (Å²) in [6.45, 7) is 9.08. The number of carbonyl (C=O) groups excluding carboxylic acids is 1. The van der Waals surface area contributed by atoms with Crippen LogP contribution in [-0.2, 0) is 12.0 Å². The van der Waals surface area contributed by atoms with Gasteiger partial charge < -0.3 is 10.2 Å². The van der Waals surface area contributed by atoms with Crippen LogP contribution in [0.15, 0.2) is 6.20 Å². The summed E-state index contributed by atoms with van der Waals surface area (Å²) in [5.41, 5.74) is 1.08. The van der Waals surface area contributed by atoms with Crippen LogP contribution in [0.3, 0.4) is 0 Å². The first-order valence-corrected chi connectivity index (χ1v) is 9.88. The number of carbonyl (C=O) groups is 1. The second-order valence-corrected chi connectivity index (χ2v) is 8.79. The molecule has 2 fully saturated rings. The van der Waals surface area contributed by atoms with E-state index in [1.807, 2.05) is 9.58 Å². The minimum Gasteiger partial charge on any atom is -0.335 e. The first-order valence-electron chi connectivity index (χ1n) is 9.88. The Morgan fingerprint density at radius 3 is 2.44 bits per heavy atom. The molecule has 140 valence electrons. The normalized spacial score (nSPS) is 20.7. The van der Waals surface area contributed by atoms with Crippen LogP contribution in [0.5, 0.6) is 0 Å². The van der Waals surface area contributed by atoms with Crippen molar-refractivity contribution in [2.75, 3.05) is 13.1 Å². The van der Waals surface area contributed by atoms with Crippen LogP contribution in [0, 0.1) is 5.92 Å². The molecule has 0 aromatic carbocycles. The number of nitrogens with zero attached hydrogens (tertiary/aromatic N) is 4. The molecule has 0 unspecified atom stereocenters. The van der Waals surface area contributed by atoms with Crippen LogP contribution in [0.1, 0.15) is 71.4 Å². The van der Waals surface area contributed by atoms with E-state index in [1.54, 1.807) is 0 Å². The van der Waals surface area contributed by atoms with E-state index in [2.05, 4.69) is 42.6 Å². The maximum atomic E-state index is 12.4. The molecule has 1 aliphatic carbocycles. The number of hydrogen-bond acceptors (Lipinski definition) is 3. The van der Waals surface area contributed by atoms with Crippen LogP contribution < -0.4 is 5.32 Å². The lowest BCUT2D eigenvalue weighted by atomic mass is 9.93. The molecule has 2 amide bonds. The Balaban J connectivity index is 1.43. The minimum absolute atomic E-state index is 0.0405. The van der Waals surface area contributed by atoms with E-state index in [9.17, 15) is 4.79 Å². The molecule has 2 aliphatic rings. The third-order valence-corrected chi connectivity index (χ3v) is 5.59. The second-order valence-electron chi connectivity index (χ2n) is 8.79. The zero-order valence-corrected chi connectivity index (χ0v) is 16.0. The molecule has 1 aromatic rings. The molecule has 0 spiro atoms. The number of nitrogens with one attached hydrogen (secondary N) is 1. The lowest BCUT2D eigenvalue weighted by molar-refractivity contribution is 0.158. The monoisotopic (exact) mass is 347 g/mol. The molecule has 0 bridgehead atoms. The summed E-state index contributed by atoms with van der Waals surface area (Å²) in [4.78, 5) is 14.4. The van der Waals surface area contributed by atoms with Crippen LogP contribution in [-0.4, -0.2) is 45.1 Å². The van der Waals surface area contributed by atoms with Crippen molar-refractivity contribution in [1.29, 1.82) is 0 Å². The summed E-state index contributed by atoms with van der Waals surface area (Å²) in [6.07, 6.45) is 10.3. The summed E-state index contributed by atoms with van der Waals surface area (Å²) >= 11 is 0.